The molecular weight excluding hydrogens is 258 g/mol. The Hall–Kier alpha value is -1.56. The summed E-state index contributed by atoms with van der Waals surface area (Å²) in [4.78, 5) is 4.49. The van der Waals surface area contributed by atoms with E-state index in [2.05, 4.69) is 41.6 Å². The normalized spacial score (nSPS) is 12.9. The van der Waals surface area contributed by atoms with Gasteiger partial charge in [0.15, 0.2) is 0 Å². The van der Waals surface area contributed by atoms with Crippen molar-refractivity contribution in [2.24, 2.45) is 7.05 Å². The lowest BCUT2D eigenvalue weighted by atomic mass is 10.1. The number of nitrogens with one attached hydrogen (secondary N) is 1. The van der Waals surface area contributed by atoms with Crippen LogP contribution in [0.4, 0.5) is 11.5 Å². The number of nitrogens with two attached hydrogens (primary N) is 1. The molecule has 0 aliphatic carbocycles. The third-order valence-electron chi connectivity index (χ3n) is 3.02. The largest absolute Gasteiger partial charge is 0.394 e. The number of nitrogens with zero attached hydrogens (tertiary/aromatic N) is 3. The first-order valence-corrected chi connectivity index (χ1v) is 7.29. The second kappa shape index (κ2) is 5.21. The molecule has 2 rings (SSSR count). The van der Waals surface area contributed by atoms with Gasteiger partial charge in [0.05, 0.1) is 17.4 Å². The summed E-state index contributed by atoms with van der Waals surface area (Å²) in [5.41, 5.74) is 8.90. The van der Waals surface area contributed by atoms with E-state index < -0.39 is 0 Å². The van der Waals surface area contributed by atoms with Crippen LogP contribution in [0.5, 0.6) is 0 Å². The summed E-state index contributed by atoms with van der Waals surface area (Å²) < 4.78 is 1.81. The fourth-order valence-electron chi connectivity index (χ4n) is 2.00. The summed E-state index contributed by atoms with van der Waals surface area (Å²) in [5.74, 6) is 1.18. The average molecular weight is 279 g/mol. The van der Waals surface area contributed by atoms with Gasteiger partial charge >= 0.3 is 0 Å². The Morgan fingerprint density at radius 1 is 1.37 bits per heavy atom. The Bertz CT molecular complexity index is 570. The van der Waals surface area contributed by atoms with Gasteiger partial charge < -0.3 is 11.1 Å². The molecule has 0 aliphatic rings. The smallest absolute Gasteiger partial charge is 0.148 e. The van der Waals surface area contributed by atoms with Crippen molar-refractivity contribution in [2.45, 2.75) is 39.7 Å². The summed E-state index contributed by atoms with van der Waals surface area (Å²) in [7, 11) is 1.91. The van der Waals surface area contributed by atoms with E-state index in [0.29, 0.717) is 5.92 Å². The maximum atomic E-state index is 6.17. The predicted octanol–water partition coefficient (Wildman–Crippen LogP) is 3.06. The van der Waals surface area contributed by atoms with Crippen LogP contribution in [0.3, 0.4) is 0 Å². The van der Waals surface area contributed by atoms with E-state index >= 15 is 0 Å². The number of rotatable bonds is 4. The van der Waals surface area contributed by atoms with E-state index in [1.165, 1.54) is 0 Å². The van der Waals surface area contributed by atoms with Crippen LogP contribution < -0.4 is 11.1 Å². The van der Waals surface area contributed by atoms with Gasteiger partial charge in [0.25, 0.3) is 0 Å². The Labute approximate surface area is 117 Å². The maximum absolute atomic E-state index is 6.17. The lowest BCUT2D eigenvalue weighted by Crippen LogP contribution is -2.11. The summed E-state index contributed by atoms with van der Waals surface area (Å²) in [6.45, 7) is 8.27. The highest BCUT2D eigenvalue weighted by Crippen LogP contribution is 2.31. The monoisotopic (exact) mass is 279 g/mol. The topological polar surface area (TPSA) is 68.8 Å². The minimum absolute atomic E-state index is 0.122. The molecule has 2 aromatic rings. The molecule has 2 heterocycles. The molecule has 0 saturated heterocycles. The number of nitrogen functional groups attached to an aromatic ring is 1. The van der Waals surface area contributed by atoms with Crippen LogP contribution in [0.2, 0.25) is 0 Å². The third-order valence-corrected chi connectivity index (χ3v) is 4.17. The van der Waals surface area contributed by atoms with E-state index in [4.69, 9.17) is 5.73 Å². The van der Waals surface area contributed by atoms with Gasteiger partial charge in [-0.15, -0.1) is 11.3 Å². The van der Waals surface area contributed by atoms with Crippen LogP contribution in [0, 0.1) is 6.92 Å². The average Bonchev–Trinajstić information content (AvgIpc) is 2.87. The molecule has 6 heteroatoms. The standard InChI is InChI=1S/C13H21N5S/c1-7(2)11-10(14)12(18(5)17-11)16-9(4)13-15-8(3)6-19-13/h6-7,9,16H,14H2,1-5H3. The van der Waals surface area contributed by atoms with Gasteiger partial charge in [-0.3, -0.25) is 4.68 Å². The molecule has 0 saturated carbocycles. The zero-order chi connectivity index (χ0) is 14.2. The van der Waals surface area contributed by atoms with Crippen molar-refractivity contribution in [3.8, 4) is 0 Å². The summed E-state index contributed by atoms with van der Waals surface area (Å²) in [6.07, 6.45) is 0. The molecule has 0 spiro atoms. The molecule has 0 amide bonds. The Morgan fingerprint density at radius 2 is 2.05 bits per heavy atom. The molecule has 0 fully saturated rings. The van der Waals surface area contributed by atoms with Gasteiger partial charge in [-0.25, -0.2) is 4.98 Å². The highest BCUT2D eigenvalue weighted by Gasteiger charge is 2.18. The second-order valence-corrected chi connectivity index (χ2v) is 6.01. The molecule has 2 aromatic heterocycles. The van der Waals surface area contributed by atoms with Crippen LogP contribution in [-0.4, -0.2) is 14.8 Å². The van der Waals surface area contributed by atoms with Gasteiger partial charge in [-0.1, -0.05) is 13.8 Å². The van der Waals surface area contributed by atoms with Gasteiger partial charge in [0.1, 0.15) is 10.8 Å². The fraction of sp³-hybridized carbons (Fsp3) is 0.538. The first-order chi connectivity index (χ1) is 8.90. The van der Waals surface area contributed by atoms with Gasteiger partial charge in [-0.2, -0.15) is 5.10 Å². The Balaban J connectivity index is 2.24. The zero-order valence-electron chi connectivity index (χ0n) is 12.1. The summed E-state index contributed by atoms with van der Waals surface area (Å²) >= 11 is 1.66. The molecule has 0 aliphatic heterocycles. The van der Waals surface area contributed by atoms with Crippen molar-refractivity contribution < 1.29 is 0 Å². The number of aryl methyl sites for hydroxylation is 2. The van der Waals surface area contributed by atoms with Crippen molar-refractivity contribution >= 4 is 22.8 Å². The maximum Gasteiger partial charge on any atom is 0.148 e. The van der Waals surface area contributed by atoms with E-state index in [1.807, 2.05) is 18.7 Å². The van der Waals surface area contributed by atoms with Crippen LogP contribution in [0.15, 0.2) is 5.38 Å². The molecule has 5 nitrogen and oxygen atoms in total. The first-order valence-electron chi connectivity index (χ1n) is 6.41. The summed E-state index contributed by atoms with van der Waals surface area (Å²) in [6, 6.07) is 0.122. The van der Waals surface area contributed by atoms with E-state index in [1.54, 1.807) is 11.3 Å². The van der Waals surface area contributed by atoms with Crippen molar-refractivity contribution in [2.75, 3.05) is 11.1 Å². The minimum Gasteiger partial charge on any atom is -0.394 e. The SMILES string of the molecule is Cc1csc(C(C)Nc2c(N)c(C(C)C)nn2C)n1. The number of hydrogen-bond acceptors (Lipinski definition) is 5. The van der Waals surface area contributed by atoms with Gasteiger partial charge in [0, 0.05) is 18.1 Å². The molecule has 0 bridgehead atoms. The minimum atomic E-state index is 0.122. The number of aromatic nitrogens is 3. The molecule has 0 radical (unpaired) electrons. The molecule has 19 heavy (non-hydrogen) atoms. The number of anilines is 2. The zero-order valence-corrected chi connectivity index (χ0v) is 12.9. The lowest BCUT2D eigenvalue weighted by Gasteiger charge is -2.13. The van der Waals surface area contributed by atoms with Gasteiger partial charge in [-0.05, 0) is 19.8 Å². The summed E-state index contributed by atoms with van der Waals surface area (Å²) in [5, 5.41) is 11.0. The molecule has 3 N–H and O–H groups in total. The quantitative estimate of drug-likeness (QED) is 0.902. The highest BCUT2D eigenvalue weighted by molar-refractivity contribution is 7.09. The van der Waals surface area contributed by atoms with Crippen LogP contribution >= 0.6 is 11.3 Å². The van der Waals surface area contributed by atoms with Crippen LogP contribution in [0.1, 0.15) is 49.1 Å². The second-order valence-electron chi connectivity index (χ2n) is 5.12. The molecule has 1 atom stereocenters. The van der Waals surface area contributed by atoms with E-state index in [9.17, 15) is 0 Å². The van der Waals surface area contributed by atoms with Crippen LogP contribution in [-0.2, 0) is 7.05 Å². The Morgan fingerprint density at radius 3 is 2.53 bits per heavy atom. The van der Waals surface area contributed by atoms with Crippen molar-refractivity contribution in [3.63, 3.8) is 0 Å². The van der Waals surface area contributed by atoms with Crippen molar-refractivity contribution in [1.29, 1.82) is 0 Å². The Kier molecular flexibility index (Phi) is 3.80. The van der Waals surface area contributed by atoms with Crippen molar-refractivity contribution in [1.82, 2.24) is 14.8 Å². The van der Waals surface area contributed by atoms with Gasteiger partial charge in [0.2, 0.25) is 0 Å². The molecule has 0 aromatic carbocycles. The molecular formula is C13H21N5S. The van der Waals surface area contributed by atoms with E-state index in [-0.39, 0.29) is 6.04 Å². The first kappa shape index (κ1) is 13.9. The fourth-order valence-corrected chi connectivity index (χ4v) is 2.80. The predicted molar refractivity (Wildman–Crippen MR) is 80.6 cm³/mol. The van der Waals surface area contributed by atoms with Crippen LogP contribution in [0.25, 0.3) is 0 Å². The highest BCUT2D eigenvalue weighted by atomic mass is 32.1. The third kappa shape index (κ3) is 2.73. The van der Waals surface area contributed by atoms with E-state index in [0.717, 1.165) is 27.9 Å². The molecule has 1 unspecified atom stereocenters. The lowest BCUT2D eigenvalue weighted by molar-refractivity contribution is 0.707. The molecule has 104 valence electrons. The number of thiazole rings is 1. The number of hydrogen-bond donors (Lipinski definition) is 2. The van der Waals surface area contributed by atoms with Crippen molar-refractivity contribution in [3.05, 3.63) is 21.8 Å².